The number of halogens is 1. The number of ether oxygens (including phenoxy) is 1. The molecule has 1 radical (unpaired) electrons. The van der Waals surface area contributed by atoms with Gasteiger partial charge in [0, 0.05) is 18.2 Å². The summed E-state index contributed by atoms with van der Waals surface area (Å²) in [7, 11) is 0. The van der Waals surface area contributed by atoms with E-state index in [0.717, 1.165) is 37.5 Å². The maximum atomic E-state index is 6.01. The van der Waals surface area contributed by atoms with E-state index in [1.807, 2.05) is 18.2 Å². The molecule has 0 saturated carbocycles. The van der Waals surface area contributed by atoms with Crippen LogP contribution in [-0.2, 0) is 11.2 Å². The van der Waals surface area contributed by atoms with Crippen LogP contribution in [0.4, 0.5) is 0 Å². The van der Waals surface area contributed by atoms with Gasteiger partial charge in [-0.15, -0.1) is 0 Å². The van der Waals surface area contributed by atoms with Crippen LogP contribution in [0.3, 0.4) is 0 Å². The Morgan fingerprint density at radius 1 is 1.21 bits per heavy atom. The summed E-state index contributed by atoms with van der Waals surface area (Å²) in [5.74, 6) is 0. The average Bonchev–Trinajstić information content (AvgIpc) is 2.20. The molecule has 2 heteroatoms. The summed E-state index contributed by atoms with van der Waals surface area (Å²) in [5.41, 5.74) is 1.20. The smallest absolute Gasteiger partial charge is 0.0469 e. The predicted octanol–water partition coefficient (Wildman–Crippen LogP) is 3.51. The molecule has 0 unspecified atom stereocenters. The fourth-order valence-electron chi connectivity index (χ4n) is 1.27. The molecule has 1 aromatic rings. The Morgan fingerprint density at radius 3 is 2.71 bits per heavy atom. The first-order valence-electron chi connectivity index (χ1n) is 4.95. The van der Waals surface area contributed by atoms with Gasteiger partial charge in [0.25, 0.3) is 0 Å². The first-order valence-corrected chi connectivity index (χ1v) is 5.33. The zero-order valence-corrected chi connectivity index (χ0v) is 9.09. The van der Waals surface area contributed by atoms with Crippen molar-refractivity contribution in [2.75, 3.05) is 13.2 Å². The fraction of sp³-hybridized carbons (Fsp3) is 0.417. The molecular weight excluding hydrogens is 196 g/mol. The van der Waals surface area contributed by atoms with Gasteiger partial charge >= 0.3 is 0 Å². The second-order valence-electron chi connectivity index (χ2n) is 3.16. The van der Waals surface area contributed by atoms with E-state index in [0.29, 0.717) is 0 Å². The Balaban J connectivity index is 2.21. The minimum absolute atomic E-state index is 0.753. The third kappa shape index (κ3) is 4.12. The molecule has 0 saturated heterocycles. The van der Waals surface area contributed by atoms with Crippen LogP contribution >= 0.6 is 11.6 Å². The molecule has 0 fully saturated rings. The Morgan fingerprint density at radius 2 is 2.00 bits per heavy atom. The number of hydrogen-bond donors (Lipinski definition) is 0. The van der Waals surface area contributed by atoms with Crippen LogP contribution in [0.1, 0.15) is 18.4 Å². The third-order valence-electron chi connectivity index (χ3n) is 1.98. The van der Waals surface area contributed by atoms with Gasteiger partial charge in [0.05, 0.1) is 0 Å². The number of rotatable bonds is 6. The molecule has 0 aliphatic rings. The molecule has 1 nitrogen and oxygen atoms in total. The molecule has 0 amide bonds. The van der Waals surface area contributed by atoms with Crippen LogP contribution < -0.4 is 0 Å². The molecule has 0 aromatic heterocycles. The van der Waals surface area contributed by atoms with E-state index in [2.05, 4.69) is 13.0 Å². The van der Waals surface area contributed by atoms with Gasteiger partial charge in [0.1, 0.15) is 0 Å². The zero-order valence-electron chi connectivity index (χ0n) is 8.34. The van der Waals surface area contributed by atoms with E-state index in [4.69, 9.17) is 16.3 Å². The Bertz CT molecular complexity index is 260. The SMILES string of the molecule is [CH2]CCOCCCc1ccccc1Cl. The zero-order chi connectivity index (χ0) is 10.2. The van der Waals surface area contributed by atoms with Gasteiger partial charge in [-0.25, -0.2) is 0 Å². The monoisotopic (exact) mass is 211 g/mol. The molecule has 0 bridgehead atoms. The van der Waals surface area contributed by atoms with Crippen molar-refractivity contribution in [2.24, 2.45) is 0 Å². The molecule has 1 aromatic carbocycles. The van der Waals surface area contributed by atoms with Crippen LogP contribution in [-0.4, -0.2) is 13.2 Å². The normalized spacial score (nSPS) is 10.4. The van der Waals surface area contributed by atoms with Crippen LogP contribution in [0.25, 0.3) is 0 Å². The number of hydrogen-bond acceptors (Lipinski definition) is 1. The largest absolute Gasteiger partial charge is 0.381 e. The van der Waals surface area contributed by atoms with Gasteiger partial charge in [-0.05, 0) is 30.9 Å². The highest BCUT2D eigenvalue weighted by Gasteiger charge is 1.97. The molecule has 0 aliphatic carbocycles. The van der Waals surface area contributed by atoms with Crippen LogP contribution in [0.2, 0.25) is 5.02 Å². The Hall–Kier alpha value is -0.530. The van der Waals surface area contributed by atoms with Crippen molar-refractivity contribution in [1.82, 2.24) is 0 Å². The Labute approximate surface area is 91.0 Å². The van der Waals surface area contributed by atoms with Crippen molar-refractivity contribution >= 4 is 11.6 Å². The van der Waals surface area contributed by atoms with E-state index < -0.39 is 0 Å². The van der Waals surface area contributed by atoms with Gasteiger partial charge < -0.3 is 4.74 Å². The van der Waals surface area contributed by atoms with Gasteiger partial charge in [-0.3, -0.25) is 0 Å². The average molecular weight is 212 g/mol. The van der Waals surface area contributed by atoms with Crippen LogP contribution in [0.15, 0.2) is 24.3 Å². The van der Waals surface area contributed by atoms with Gasteiger partial charge in [0.2, 0.25) is 0 Å². The topological polar surface area (TPSA) is 9.23 Å². The van der Waals surface area contributed by atoms with Gasteiger partial charge in [-0.1, -0.05) is 36.7 Å². The van der Waals surface area contributed by atoms with E-state index in [-0.39, 0.29) is 0 Å². The highest BCUT2D eigenvalue weighted by Crippen LogP contribution is 2.16. The van der Waals surface area contributed by atoms with Crippen molar-refractivity contribution in [3.05, 3.63) is 41.8 Å². The molecule has 0 N–H and O–H groups in total. The molecule has 0 spiro atoms. The minimum atomic E-state index is 0.753. The lowest BCUT2D eigenvalue weighted by Crippen LogP contribution is -1.97. The fourth-order valence-corrected chi connectivity index (χ4v) is 1.50. The maximum Gasteiger partial charge on any atom is 0.0469 e. The van der Waals surface area contributed by atoms with Crippen molar-refractivity contribution < 1.29 is 4.74 Å². The summed E-state index contributed by atoms with van der Waals surface area (Å²) < 4.78 is 5.34. The summed E-state index contributed by atoms with van der Waals surface area (Å²) in [5, 5.41) is 0.852. The lowest BCUT2D eigenvalue weighted by Gasteiger charge is -2.04. The first-order chi connectivity index (χ1) is 6.84. The minimum Gasteiger partial charge on any atom is -0.381 e. The first kappa shape index (κ1) is 11.5. The van der Waals surface area contributed by atoms with E-state index in [1.54, 1.807) is 0 Å². The number of aryl methyl sites for hydroxylation is 1. The van der Waals surface area contributed by atoms with Crippen molar-refractivity contribution in [3.8, 4) is 0 Å². The highest BCUT2D eigenvalue weighted by atomic mass is 35.5. The molecule has 14 heavy (non-hydrogen) atoms. The molecule has 77 valence electrons. The van der Waals surface area contributed by atoms with Crippen molar-refractivity contribution in [3.63, 3.8) is 0 Å². The quantitative estimate of drug-likeness (QED) is 0.655. The maximum absolute atomic E-state index is 6.01. The molecule has 0 heterocycles. The van der Waals surface area contributed by atoms with Crippen molar-refractivity contribution in [1.29, 1.82) is 0 Å². The highest BCUT2D eigenvalue weighted by molar-refractivity contribution is 6.31. The van der Waals surface area contributed by atoms with E-state index in [1.165, 1.54) is 5.56 Å². The molecular formula is C12H16ClO. The third-order valence-corrected chi connectivity index (χ3v) is 2.35. The summed E-state index contributed by atoms with van der Waals surface area (Å²) in [6, 6.07) is 7.94. The van der Waals surface area contributed by atoms with Gasteiger partial charge in [-0.2, -0.15) is 0 Å². The second kappa shape index (κ2) is 6.86. The predicted molar refractivity (Wildman–Crippen MR) is 60.6 cm³/mol. The summed E-state index contributed by atoms with van der Waals surface area (Å²) in [6.07, 6.45) is 2.84. The standard InChI is InChI=1S/C12H16ClO/c1-2-9-14-10-5-7-11-6-3-4-8-12(11)13/h3-4,6,8H,1-2,5,7,9-10H2. The lowest BCUT2D eigenvalue weighted by atomic mass is 10.1. The molecule has 1 rings (SSSR count). The molecule has 0 aliphatic heterocycles. The molecule has 0 atom stereocenters. The summed E-state index contributed by atoms with van der Waals surface area (Å²) in [4.78, 5) is 0. The van der Waals surface area contributed by atoms with Crippen LogP contribution in [0, 0.1) is 6.92 Å². The summed E-state index contributed by atoms with van der Waals surface area (Å²) >= 11 is 6.01. The Kier molecular flexibility index (Phi) is 5.65. The lowest BCUT2D eigenvalue weighted by molar-refractivity contribution is 0.136. The van der Waals surface area contributed by atoms with E-state index in [9.17, 15) is 0 Å². The number of benzene rings is 1. The summed E-state index contributed by atoms with van der Waals surface area (Å²) in [6.45, 7) is 5.25. The van der Waals surface area contributed by atoms with Gasteiger partial charge in [0.15, 0.2) is 0 Å². The second-order valence-corrected chi connectivity index (χ2v) is 3.57. The van der Waals surface area contributed by atoms with Crippen LogP contribution in [0.5, 0.6) is 0 Å². The van der Waals surface area contributed by atoms with E-state index >= 15 is 0 Å². The van der Waals surface area contributed by atoms with Crippen molar-refractivity contribution in [2.45, 2.75) is 19.3 Å².